The summed E-state index contributed by atoms with van der Waals surface area (Å²) in [6.45, 7) is 0. The minimum atomic E-state index is -2.67. The van der Waals surface area contributed by atoms with E-state index in [0.29, 0.717) is 0 Å². The summed E-state index contributed by atoms with van der Waals surface area (Å²) in [5.74, 6) is 0. The van der Waals surface area contributed by atoms with Crippen molar-refractivity contribution < 1.29 is 0 Å². The van der Waals surface area contributed by atoms with Crippen molar-refractivity contribution in [3.63, 3.8) is 0 Å². The molecule has 13 aromatic rings. The van der Waals surface area contributed by atoms with E-state index in [4.69, 9.17) is 0 Å². The van der Waals surface area contributed by atoms with E-state index >= 15 is 0 Å². The topological polar surface area (TPSA) is 14.8 Å². The maximum Gasteiger partial charge on any atom is 0.179 e. The highest BCUT2D eigenvalue weighted by atomic mass is 28.3. The molecule has 13 rings (SSSR count). The Morgan fingerprint density at radius 2 is 0.625 bits per heavy atom. The molecule has 300 valence electrons. The predicted molar refractivity (Wildman–Crippen MR) is 272 cm³/mol. The normalized spacial score (nSPS) is 12.1. The van der Waals surface area contributed by atoms with Gasteiger partial charge in [0.1, 0.15) is 0 Å². The van der Waals surface area contributed by atoms with E-state index in [9.17, 15) is 0 Å². The molecule has 3 aromatic heterocycles. The molecule has 0 aliphatic rings. The Morgan fingerprint density at radius 1 is 0.234 bits per heavy atom. The maximum atomic E-state index is 2.47. The number of hydrogen-bond donors (Lipinski definition) is 0. The first-order valence-electron chi connectivity index (χ1n) is 22.1. The number of nitrogens with zero attached hydrogens (tertiary/aromatic N) is 3. The van der Waals surface area contributed by atoms with Crippen molar-refractivity contribution in [1.82, 2.24) is 13.7 Å². The number of fused-ring (bicyclic) bond motifs is 3. The van der Waals surface area contributed by atoms with Crippen LogP contribution in [0.2, 0.25) is 0 Å². The summed E-state index contributed by atoms with van der Waals surface area (Å²) in [5, 5.41) is 10.5. The fourth-order valence-corrected chi connectivity index (χ4v) is 15.6. The second kappa shape index (κ2) is 14.5. The minimum absolute atomic E-state index is 1.14. The zero-order valence-corrected chi connectivity index (χ0v) is 36.0. The molecule has 0 bridgehead atoms. The lowest BCUT2D eigenvalue weighted by Gasteiger charge is -2.34. The summed E-state index contributed by atoms with van der Waals surface area (Å²) in [7, 11) is -2.67. The molecule has 0 radical (unpaired) electrons. The van der Waals surface area contributed by atoms with Crippen LogP contribution < -0.4 is 20.7 Å². The Hall–Kier alpha value is -8.18. The average molecular weight is 832 g/mol. The third-order valence-corrected chi connectivity index (χ3v) is 18.4. The molecule has 10 aromatic carbocycles. The predicted octanol–water partition coefficient (Wildman–Crippen LogP) is 12.3. The SMILES string of the molecule is c1ccc(-c2cccc(-n3c4cccc5c4c4c3cccc4n5-c3ccc4c5ccccc5n(-c5ccc([Si](c6ccccc6)(c6ccccc6)c6ccccc6)cc5)c4c3)c2)cc1. The molecule has 0 saturated heterocycles. The monoisotopic (exact) mass is 831 g/mol. The highest BCUT2D eigenvalue weighted by molar-refractivity contribution is 7.19. The molecule has 3 nitrogen and oxygen atoms in total. The van der Waals surface area contributed by atoms with Gasteiger partial charge in [0.05, 0.1) is 33.1 Å². The van der Waals surface area contributed by atoms with Crippen molar-refractivity contribution in [3.05, 3.63) is 249 Å². The van der Waals surface area contributed by atoms with Crippen molar-refractivity contribution in [1.29, 1.82) is 0 Å². The second-order valence-corrected chi connectivity index (χ2v) is 20.7. The summed E-state index contributed by atoms with van der Waals surface area (Å²) in [6, 6.07) is 92.0. The zero-order chi connectivity index (χ0) is 42.2. The van der Waals surface area contributed by atoms with Gasteiger partial charge in [0, 0.05) is 38.6 Å². The summed E-state index contributed by atoms with van der Waals surface area (Å²) in [5.41, 5.74) is 13.1. The molecule has 0 saturated carbocycles. The summed E-state index contributed by atoms with van der Waals surface area (Å²) < 4.78 is 7.38. The minimum Gasteiger partial charge on any atom is -0.309 e. The van der Waals surface area contributed by atoms with Gasteiger partial charge in [0.15, 0.2) is 8.07 Å². The molecular weight excluding hydrogens is 791 g/mol. The lowest BCUT2D eigenvalue weighted by atomic mass is 10.1. The van der Waals surface area contributed by atoms with Gasteiger partial charge in [-0.1, -0.05) is 182 Å². The number of rotatable bonds is 8. The standard InChI is InChI=1S/C60H41N3Si/c1-5-18-42(19-6-1)43-20-15-21-45(40-43)62-54-30-16-32-56-59(54)60-55(62)31-17-33-57(60)63(56)46-36-39-52-51-28-13-14-29-53(51)61(58(52)41-46)44-34-37-50(38-35-44)64(47-22-7-2-8-23-47,48-24-9-3-10-25-48)49-26-11-4-12-27-49/h1-41H. The number of benzene rings is 10. The fraction of sp³-hybridized carbons (Fsp3) is 0. The number of hydrogen-bond acceptors (Lipinski definition) is 0. The van der Waals surface area contributed by atoms with E-state index in [1.165, 1.54) is 86.5 Å². The molecule has 0 aliphatic carbocycles. The van der Waals surface area contributed by atoms with Crippen molar-refractivity contribution in [2.75, 3.05) is 0 Å². The number of para-hydroxylation sites is 1. The average Bonchev–Trinajstić information content (AvgIpc) is 4.02. The molecular formula is C60H41N3Si. The van der Waals surface area contributed by atoms with E-state index < -0.39 is 8.07 Å². The van der Waals surface area contributed by atoms with Gasteiger partial charge in [-0.3, -0.25) is 0 Å². The molecule has 0 aliphatic heterocycles. The van der Waals surface area contributed by atoms with Crippen LogP contribution in [-0.4, -0.2) is 21.8 Å². The van der Waals surface area contributed by atoms with Crippen LogP contribution in [0.25, 0.3) is 82.8 Å². The Kier molecular flexibility index (Phi) is 8.23. The molecule has 0 N–H and O–H groups in total. The first-order valence-corrected chi connectivity index (χ1v) is 24.1. The van der Waals surface area contributed by atoms with Crippen LogP contribution in [0.4, 0.5) is 0 Å². The largest absolute Gasteiger partial charge is 0.309 e. The molecule has 0 atom stereocenters. The first kappa shape index (κ1) is 36.5. The van der Waals surface area contributed by atoms with E-state index in [0.717, 1.165) is 17.1 Å². The van der Waals surface area contributed by atoms with Gasteiger partial charge in [-0.05, 0) is 98.6 Å². The van der Waals surface area contributed by atoms with Gasteiger partial charge >= 0.3 is 0 Å². The third kappa shape index (κ3) is 5.33. The summed E-state index contributed by atoms with van der Waals surface area (Å²) in [4.78, 5) is 0. The van der Waals surface area contributed by atoms with E-state index in [1.807, 2.05) is 0 Å². The van der Waals surface area contributed by atoms with Gasteiger partial charge < -0.3 is 13.7 Å². The molecule has 0 unspecified atom stereocenters. The van der Waals surface area contributed by atoms with Crippen LogP contribution in [0.15, 0.2) is 249 Å². The van der Waals surface area contributed by atoms with E-state index in [2.05, 4.69) is 262 Å². The Bertz CT molecular complexity index is 3650. The Morgan fingerprint density at radius 3 is 1.19 bits per heavy atom. The second-order valence-electron chi connectivity index (χ2n) is 16.9. The smallest absolute Gasteiger partial charge is 0.179 e. The van der Waals surface area contributed by atoms with Crippen LogP contribution in [0.5, 0.6) is 0 Å². The van der Waals surface area contributed by atoms with Gasteiger partial charge in [0.2, 0.25) is 0 Å². The van der Waals surface area contributed by atoms with Crippen LogP contribution in [0.3, 0.4) is 0 Å². The van der Waals surface area contributed by atoms with Crippen LogP contribution in [0, 0.1) is 0 Å². The van der Waals surface area contributed by atoms with Gasteiger partial charge in [-0.15, -0.1) is 0 Å². The van der Waals surface area contributed by atoms with Gasteiger partial charge in [-0.2, -0.15) is 0 Å². The van der Waals surface area contributed by atoms with Gasteiger partial charge in [0.25, 0.3) is 0 Å². The molecule has 64 heavy (non-hydrogen) atoms. The highest BCUT2D eigenvalue weighted by Crippen LogP contribution is 2.43. The Labute approximate surface area is 372 Å². The molecule has 3 heterocycles. The maximum absolute atomic E-state index is 2.67. The van der Waals surface area contributed by atoms with Crippen molar-refractivity contribution in [3.8, 4) is 28.2 Å². The van der Waals surface area contributed by atoms with Crippen molar-refractivity contribution >= 4 is 83.5 Å². The van der Waals surface area contributed by atoms with E-state index in [-0.39, 0.29) is 0 Å². The van der Waals surface area contributed by atoms with Crippen LogP contribution >= 0.6 is 0 Å². The quantitative estimate of drug-likeness (QED) is 0.107. The van der Waals surface area contributed by atoms with Crippen LogP contribution in [-0.2, 0) is 0 Å². The number of aromatic nitrogens is 3. The molecule has 4 heteroatoms. The third-order valence-electron chi connectivity index (χ3n) is 13.6. The molecule has 0 amide bonds. The van der Waals surface area contributed by atoms with Gasteiger partial charge in [-0.25, -0.2) is 0 Å². The lowest BCUT2D eigenvalue weighted by Crippen LogP contribution is -2.74. The summed E-state index contributed by atoms with van der Waals surface area (Å²) >= 11 is 0. The molecule has 0 fully saturated rings. The van der Waals surface area contributed by atoms with E-state index in [1.54, 1.807) is 0 Å². The zero-order valence-electron chi connectivity index (χ0n) is 35.0. The molecule has 0 spiro atoms. The lowest BCUT2D eigenvalue weighted by molar-refractivity contribution is 1.15. The summed E-state index contributed by atoms with van der Waals surface area (Å²) in [6.07, 6.45) is 0. The first-order chi connectivity index (χ1) is 31.8. The highest BCUT2D eigenvalue weighted by Gasteiger charge is 2.41. The van der Waals surface area contributed by atoms with Crippen LogP contribution in [0.1, 0.15) is 0 Å². The van der Waals surface area contributed by atoms with Crippen molar-refractivity contribution in [2.24, 2.45) is 0 Å². The Balaban J connectivity index is 0.992. The fourth-order valence-electron chi connectivity index (χ4n) is 10.9. The van der Waals surface area contributed by atoms with Crippen molar-refractivity contribution in [2.45, 2.75) is 0 Å².